The van der Waals surface area contributed by atoms with Crippen LogP contribution in [0, 0.1) is 6.92 Å². The molecule has 28 heavy (non-hydrogen) atoms. The van der Waals surface area contributed by atoms with Crippen molar-refractivity contribution in [3.05, 3.63) is 41.1 Å². The molecule has 0 spiro atoms. The van der Waals surface area contributed by atoms with Crippen LogP contribution in [0.5, 0.6) is 0 Å². The first kappa shape index (κ1) is 18.6. The third-order valence-electron chi connectivity index (χ3n) is 4.52. The normalized spacial score (nSPS) is 14.3. The van der Waals surface area contributed by atoms with E-state index in [4.69, 9.17) is 0 Å². The monoisotopic (exact) mass is 397 g/mol. The van der Waals surface area contributed by atoms with E-state index >= 15 is 0 Å². The zero-order valence-electron chi connectivity index (χ0n) is 16.4. The summed E-state index contributed by atoms with van der Waals surface area (Å²) < 4.78 is 2.44. The van der Waals surface area contributed by atoms with Crippen molar-refractivity contribution in [3.8, 4) is 0 Å². The largest absolute Gasteiger partial charge is 0.348 e. The molecule has 2 amide bonds. The number of rotatable bonds is 4. The number of carbonyl (C=O) groups is 2. The summed E-state index contributed by atoms with van der Waals surface area (Å²) in [6.45, 7) is 7.99. The van der Waals surface area contributed by atoms with Gasteiger partial charge in [0.1, 0.15) is 4.70 Å². The Bertz CT molecular complexity index is 1050. The maximum atomic E-state index is 12.6. The number of benzene rings is 1. The Labute approximate surface area is 167 Å². The summed E-state index contributed by atoms with van der Waals surface area (Å²) in [5.41, 5.74) is 2.29. The Kier molecular flexibility index (Phi) is 4.45. The molecule has 2 aromatic heterocycles. The summed E-state index contributed by atoms with van der Waals surface area (Å²) in [5, 5.41) is 10.8. The van der Waals surface area contributed by atoms with E-state index in [9.17, 15) is 9.59 Å². The van der Waals surface area contributed by atoms with Crippen LogP contribution in [0.2, 0.25) is 0 Å². The standard InChI is InChI=1S/C20H23N5O2S/c1-11-5-7-12(8-6-11)17(26)23-19-22-16-15(28-19)14(18(27)21-13-9-10-13)24-25(16)20(2,3)4/h5-8,13H,9-10H2,1-4H3,(H,21,27)(H,22,23,26). The highest BCUT2D eigenvalue weighted by atomic mass is 32.1. The van der Waals surface area contributed by atoms with Crippen molar-refractivity contribution in [2.24, 2.45) is 0 Å². The smallest absolute Gasteiger partial charge is 0.273 e. The molecule has 0 atom stereocenters. The molecule has 1 saturated carbocycles. The van der Waals surface area contributed by atoms with Gasteiger partial charge < -0.3 is 5.32 Å². The number of nitrogens with zero attached hydrogens (tertiary/aromatic N) is 3. The lowest BCUT2D eigenvalue weighted by atomic mass is 10.1. The Morgan fingerprint density at radius 3 is 2.43 bits per heavy atom. The zero-order chi connectivity index (χ0) is 20.1. The number of nitrogens with one attached hydrogen (secondary N) is 2. The van der Waals surface area contributed by atoms with Crippen LogP contribution >= 0.6 is 11.3 Å². The number of fused-ring (bicyclic) bond motifs is 1. The minimum Gasteiger partial charge on any atom is -0.348 e. The van der Waals surface area contributed by atoms with Gasteiger partial charge in [-0.05, 0) is 52.7 Å². The van der Waals surface area contributed by atoms with E-state index < -0.39 is 0 Å². The zero-order valence-corrected chi connectivity index (χ0v) is 17.2. The molecule has 1 fully saturated rings. The highest BCUT2D eigenvalue weighted by Crippen LogP contribution is 2.33. The Morgan fingerprint density at radius 2 is 1.82 bits per heavy atom. The second-order valence-corrected chi connectivity index (χ2v) is 9.17. The lowest BCUT2D eigenvalue weighted by molar-refractivity contribution is 0.0945. The van der Waals surface area contributed by atoms with Crippen molar-refractivity contribution in [1.82, 2.24) is 20.1 Å². The summed E-state index contributed by atoms with van der Waals surface area (Å²) in [5.74, 6) is -0.411. The Balaban J connectivity index is 1.68. The van der Waals surface area contributed by atoms with Gasteiger partial charge in [0.15, 0.2) is 16.5 Å². The number of hydrogen-bond acceptors (Lipinski definition) is 5. The van der Waals surface area contributed by atoms with E-state index in [1.807, 2.05) is 39.8 Å². The van der Waals surface area contributed by atoms with Gasteiger partial charge >= 0.3 is 0 Å². The molecule has 0 aliphatic heterocycles. The number of amides is 2. The van der Waals surface area contributed by atoms with Crippen molar-refractivity contribution in [2.45, 2.75) is 52.1 Å². The van der Waals surface area contributed by atoms with Gasteiger partial charge in [-0.1, -0.05) is 29.0 Å². The van der Waals surface area contributed by atoms with Crippen molar-refractivity contribution in [1.29, 1.82) is 0 Å². The number of thiazole rings is 1. The predicted molar refractivity (Wildman–Crippen MR) is 110 cm³/mol. The topological polar surface area (TPSA) is 88.9 Å². The minimum atomic E-state index is -0.345. The first-order valence-electron chi connectivity index (χ1n) is 9.31. The SMILES string of the molecule is Cc1ccc(C(=O)Nc2nc3c(s2)c(C(=O)NC2CC2)nn3C(C)(C)C)cc1. The molecule has 7 nitrogen and oxygen atoms in total. The van der Waals surface area contributed by atoms with Gasteiger partial charge in [-0.3, -0.25) is 14.9 Å². The van der Waals surface area contributed by atoms with Crippen LogP contribution in [0.3, 0.4) is 0 Å². The highest BCUT2D eigenvalue weighted by Gasteiger charge is 2.30. The second-order valence-electron chi connectivity index (χ2n) is 8.17. The van der Waals surface area contributed by atoms with Gasteiger partial charge in [-0.15, -0.1) is 0 Å². The third kappa shape index (κ3) is 3.64. The van der Waals surface area contributed by atoms with Gasteiger partial charge in [0.05, 0.1) is 5.54 Å². The number of aryl methyl sites for hydroxylation is 1. The average molecular weight is 398 g/mol. The average Bonchev–Trinajstić information content (AvgIpc) is 3.21. The van der Waals surface area contributed by atoms with E-state index in [-0.39, 0.29) is 23.4 Å². The van der Waals surface area contributed by atoms with Crippen LogP contribution in [-0.4, -0.2) is 32.6 Å². The lowest BCUT2D eigenvalue weighted by Gasteiger charge is -2.19. The molecule has 1 aliphatic rings. The van der Waals surface area contributed by atoms with Crippen LogP contribution in [0.4, 0.5) is 5.13 Å². The fraction of sp³-hybridized carbons (Fsp3) is 0.400. The summed E-state index contributed by atoms with van der Waals surface area (Å²) >= 11 is 1.28. The van der Waals surface area contributed by atoms with Crippen molar-refractivity contribution < 1.29 is 9.59 Å². The summed E-state index contributed by atoms with van der Waals surface area (Å²) in [4.78, 5) is 29.7. The van der Waals surface area contributed by atoms with Crippen LogP contribution in [0.25, 0.3) is 10.3 Å². The molecule has 2 N–H and O–H groups in total. The third-order valence-corrected chi connectivity index (χ3v) is 5.49. The second kappa shape index (κ2) is 6.70. The Morgan fingerprint density at radius 1 is 1.14 bits per heavy atom. The molecular weight excluding hydrogens is 374 g/mol. The highest BCUT2D eigenvalue weighted by molar-refractivity contribution is 7.22. The van der Waals surface area contributed by atoms with E-state index in [0.717, 1.165) is 18.4 Å². The van der Waals surface area contributed by atoms with E-state index in [1.165, 1.54) is 11.3 Å². The van der Waals surface area contributed by atoms with E-state index in [1.54, 1.807) is 16.8 Å². The molecule has 1 aromatic carbocycles. The summed E-state index contributed by atoms with van der Waals surface area (Å²) in [7, 11) is 0. The first-order chi connectivity index (χ1) is 13.2. The maximum absolute atomic E-state index is 12.6. The van der Waals surface area contributed by atoms with Crippen molar-refractivity contribution in [3.63, 3.8) is 0 Å². The lowest BCUT2D eigenvalue weighted by Crippen LogP contribution is -2.28. The van der Waals surface area contributed by atoms with Gasteiger partial charge in [-0.2, -0.15) is 10.1 Å². The molecule has 146 valence electrons. The van der Waals surface area contributed by atoms with E-state index in [2.05, 4.69) is 20.7 Å². The summed E-state index contributed by atoms with van der Waals surface area (Å²) in [6, 6.07) is 7.60. The predicted octanol–water partition coefficient (Wildman–Crippen LogP) is 3.70. The fourth-order valence-corrected chi connectivity index (χ4v) is 3.75. The van der Waals surface area contributed by atoms with Crippen LogP contribution in [0.15, 0.2) is 24.3 Å². The van der Waals surface area contributed by atoms with Gasteiger partial charge in [-0.25, -0.2) is 4.68 Å². The van der Waals surface area contributed by atoms with Crippen molar-refractivity contribution >= 4 is 38.6 Å². The molecule has 4 rings (SSSR count). The summed E-state index contributed by atoms with van der Waals surface area (Å²) in [6.07, 6.45) is 2.02. The Hall–Kier alpha value is -2.74. The van der Waals surface area contributed by atoms with Gasteiger partial charge in [0, 0.05) is 11.6 Å². The quantitative estimate of drug-likeness (QED) is 0.702. The molecule has 0 saturated heterocycles. The molecule has 3 aromatic rings. The molecule has 2 heterocycles. The number of carbonyl (C=O) groups excluding carboxylic acids is 2. The number of anilines is 1. The molecule has 8 heteroatoms. The molecule has 0 unspecified atom stereocenters. The molecular formula is C20H23N5O2S. The number of aromatic nitrogens is 3. The molecule has 0 radical (unpaired) electrons. The van der Waals surface area contributed by atoms with E-state index in [0.29, 0.717) is 26.7 Å². The fourth-order valence-electron chi connectivity index (χ4n) is 2.83. The van der Waals surface area contributed by atoms with Crippen LogP contribution < -0.4 is 10.6 Å². The minimum absolute atomic E-state index is 0.185. The van der Waals surface area contributed by atoms with Crippen LogP contribution in [-0.2, 0) is 5.54 Å². The molecule has 0 bridgehead atoms. The number of hydrogen-bond donors (Lipinski definition) is 2. The van der Waals surface area contributed by atoms with Gasteiger partial charge in [0.25, 0.3) is 11.8 Å². The van der Waals surface area contributed by atoms with Crippen LogP contribution in [0.1, 0.15) is 60.0 Å². The van der Waals surface area contributed by atoms with Crippen molar-refractivity contribution in [2.75, 3.05) is 5.32 Å². The van der Waals surface area contributed by atoms with Gasteiger partial charge in [0.2, 0.25) is 0 Å². The maximum Gasteiger partial charge on any atom is 0.273 e. The molecule has 1 aliphatic carbocycles. The first-order valence-corrected chi connectivity index (χ1v) is 10.1.